The molecule has 1 aromatic heterocycles. The van der Waals surface area contributed by atoms with E-state index in [2.05, 4.69) is 15.6 Å². The van der Waals surface area contributed by atoms with Gasteiger partial charge in [-0.15, -0.1) is 11.3 Å². The first-order valence-electron chi connectivity index (χ1n) is 5.69. The SMILES string of the molecule is CNC(=O)Cc1ccc(NCc2nccs2)cc1. The van der Waals surface area contributed by atoms with Crippen molar-refractivity contribution in [2.75, 3.05) is 12.4 Å². The zero-order valence-corrected chi connectivity index (χ0v) is 11.0. The molecule has 0 bridgehead atoms. The minimum absolute atomic E-state index is 0.0264. The van der Waals surface area contributed by atoms with Gasteiger partial charge in [-0.1, -0.05) is 12.1 Å². The maximum Gasteiger partial charge on any atom is 0.224 e. The van der Waals surface area contributed by atoms with Gasteiger partial charge in [0.2, 0.25) is 5.91 Å². The Kier molecular flexibility index (Phi) is 4.30. The van der Waals surface area contributed by atoms with Crippen molar-refractivity contribution >= 4 is 22.9 Å². The third kappa shape index (κ3) is 3.56. The van der Waals surface area contributed by atoms with Gasteiger partial charge in [-0.25, -0.2) is 4.98 Å². The number of likely N-dealkylation sites (N-methyl/N-ethyl adjacent to an activating group) is 1. The molecule has 0 radical (unpaired) electrons. The lowest BCUT2D eigenvalue weighted by Crippen LogP contribution is -2.19. The molecule has 2 N–H and O–H groups in total. The zero-order chi connectivity index (χ0) is 12.8. The minimum atomic E-state index is 0.0264. The summed E-state index contributed by atoms with van der Waals surface area (Å²) in [6.45, 7) is 0.729. The first kappa shape index (κ1) is 12.6. The molecule has 2 aromatic rings. The lowest BCUT2D eigenvalue weighted by molar-refractivity contribution is -0.119. The van der Waals surface area contributed by atoms with Gasteiger partial charge in [0.1, 0.15) is 5.01 Å². The van der Waals surface area contributed by atoms with Crippen LogP contribution in [0.3, 0.4) is 0 Å². The number of carbonyl (C=O) groups is 1. The van der Waals surface area contributed by atoms with Gasteiger partial charge in [-0.3, -0.25) is 4.79 Å². The van der Waals surface area contributed by atoms with Crippen LogP contribution in [0.2, 0.25) is 0 Å². The van der Waals surface area contributed by atoms with Crippen molar-refractivity contribution in [2.45, 2.75) is 13.0 Å². The molecule has 0 aliphatic heterocycles. The third-order valence-electron chi connectivity index (χ3n) is 2.52. The number of benzene rings is 1. The molecule has 1 aromatic carbocycles. The molecular formula is C13H15N3OS. The van der Waals surface area contributed by atoms with E-state index in [1.807, 2.05) is 29.6 Å². The molecule has 0 fully saturated rings. The van der Waals surface area contributed by atoms with Gasteiger partial charge in [0.15, 0.2) is 0 Å². The van der Waals surface area contributed by atoms with Crippen molar-refractivity contribution in [1.29, 1.82) is 0 Å². The summed E-state index contributed by atoms with van der Waals surface area (Å²) in [7, 11) is 1.65. The number of nitrogens with one attached hydrogen (secondary N) is 2. The summed E-state index contributed by atoms with van der Waals surface area (Å²) in [5, 5.41) is 8.92. The monoisotopic (exact) mass is 261 g/mol. The van der Waals surface area contributed by atoms with Crippen LogP contribution in [0, 0.1) is 0 Å². The predicted molar refractivity (Wildman–Crippen MR) is 73.7 cm³/mol. The van der Waals surface area contributed by atoms with Gasteiger partial charge in [-0.2, -0.15) is 0 Å². The van der Waals surface area contributed by atoms with Gasteiger partial charge in [0.25, 0.3) is 0 Å². The van der Waals surface area contributed by atoms with E-state index in [9.17, 15) is 4.79 Å². The number of amides is 1. The lowest BCUT2D eigenvalue weighted by atomic mass is 10.1. The van der Waals surface area contributed by atoms with E-state index in [1.165, 1.54) is 0 Å². The predicted octanol–water partition coefficient (Wildman–Crippen LogP) is 2.04. The van der Waals surface area contributed by atoms with Crippen LogP contribution in [-0.2, 0) is 17.8 Å². The van der Waals surface area contributed by atoms with Crippen molar-refractivity contribution < 1.29 is 4.79 Å². The van der Waals surface area contributed by atoms with Crippen molar-refractivity contribution in [3.8, 4) is 0 Å². The van der Waals surface area contributed by atoms with Crippen LogP contribution in [0.4, 0.5) is 5.69 Å². The van der Waals surface area contributed by atoms with E-state index in [-0.39, 0.29) is 5.91 Å². The van der Waals surface area contributed by atoms with Crippen LogP contribution in [0.5, 0.6) is 0 Å². The fourth-order valence-electron chi connectivity index (χ4n) is 1.53. The van der Waals surface area contributed by atoms with E-state index in [1.54, 1.807) is 24.6 Å². The Labute approximate surface area is 110 Å². The highest BCUT2D eigenvalue weighted by Gasteiger charge is 2.01. The highest BCUT2D eigenvalue weighted by molar-refractivity contribution is 7.09. The molecule has 2 rings (SSSR count). The van der Waals surface area contributed by atoms with E-state index in [4.69, 9.17) is 0 Å². The largest absolute Gasteiger partial charge is 0.379 e. The summed E-state index contributed by atoms with van der Waals surface area (Å²) in [5.41, 5.74) is 2.04. The molecule has 5 heteroatoms. The van der Waals surface area contributed by atoms with E-state index >= 15 is 0 Å². The van der Waals surface area contributed by atoms with Crippen LogP contribution in [0.25, 0.3) is 0 Å². The number of carbonyl (C=O) groups excluding carboxylic acids is 1. The molecule has 0 unspecified atom stereocenters. The summed E-state index contributed by atoms with van der Waals surface area (Å²) in [6.07, 6.45) is 2.22. The first-order chi connectivity index (χ1) is 8.78. The minimum Gasteiger partial charge on any atom is -0.379 e. The van der Waals surface area contributed by atoms with Crippen LogP contribution in [0.15, 0.2) is 35.8 Å². The number of nitrogens with zero attached hydrogens (tertiary/aromatic N) is 1. The quantitative estimate of drug-likeness (QED) is 0.866. The summed E-state index contributed by atoms with van der Waals surface area (Å²) >= 11 is 1.63. The molecule has 1 amide bonds. The Hall–Kier alpha value is -1.88. The van der Waals surface area contributed by atoms with Crippen molar-refractivity contribution in [3.63, 3.8) is 0 Å². The fraction of sp³-hybridized carbons (Fsp3) is 0.231. The molecule has 4 nitrogen and oxygen atoms in total. The van der Waals surface area contributed by atoms with Gasteiger partial charge in [0, 0.05) is 24.3 Å². The number of thiazole rings is 1. The van der Waals surface area contributed by atoms with E-state index in [0.717, 1.165) is 22.8 Å². The number of anilines is 1. The molecule has 0 atom stereocenters. The highest BCUT2D eigenvalue weighted by atomic mass is 32.1. The summed E-state index contributed by atoms with van der Waals surface area (Å²) < 4.78 is 0. The summed E-state index contributed by atoms with van der Waals surface area (Å²) in [4.78, 5) is 15.4. The number of hydrogen-bond donors (Lipinski definition) is 2. The summed E-state index contributed by atoms with van der Waals surface area (Å²) in [5.74, 6) is 0.0264. The second-order valence-electron chi connectivity index (χ2n) is 3.83. The van der Waals surface area contributed by atoms with Crippen LogP contribution in [-0.4, -0.2) is 17.9 Å². The summed E-state index contributed by atoms with van der Waals surface area (Å²) in [6, 6.07) is 7.87. The van der Waals surface area contributed by atoms with Gasteiger partial charge in [0.05, 0.1) is 13.0 Å². The van der Waals surface area contributed by atoms with Gasteiger partial charge in [-0.05, 0) is 17.7 Å². The zero-order valence-electron chi connectivity index (χ0n) is 10.1. The smallest absolute Gasteiger partial charge is 0.224 e. The maximum absolute atomic E-state index is 11.2. The van der Waals surface area contributed by atoms with Crippen LogP contribution >= 0.6 is 11.3 Å². The van der Waals surface area contributed by atoms with E-state index in [0.29, 0.717) is 6.42 Å². The van der Waals surface area contributed by atoms with Crippen LogP contribution < -0.4 is 10.6 Å². The molecule has 0 aliphatic carbocycles. The number of rotatable bonds is 5. The van der Waals surface area contributed by atoms with E-state index < -0.39 is 0 Å². The molecule has 0 spiro atoms. The molecule has 94 valence electrons. The van der Waals surface area contributed by atoms with Gasteiger partial charge >= 0.3 is 0 Å². The second-order valence-corrected chi connectivity index (χ2v) is 4.81. The second kappa shape index (κ2) is 6.16. The Morgan fingerprint density at radius 3 is 2.72 bits per heavy atom. The number of hydrogen-bond acceptors (Lipinski definition) is 4. The van der Waals surface area contributed by atoms with Crippen LogP contribution in [0.1, 0.15) is 10.6 Å². The Bertz CT molecular complexity index is 493. The highest BCUT2D eigenvalue weighted by Crippen LogP contribution is 2.12. The fourth-order valence-corrected chi connectivity index (χ4v) is 2.09. The van der Waals surface area contributed by atoms with Crippen molar-refractivity contribution in [2.24, 2.45) is 0 Å². The topological polar surface area (TPSA) is 54.0 Å². The average Bonchev–Trinajstić information content (AvgIpc) is 2.91. The number of aromatic nitrogens is 1. The molecule has 0 saturated carbocycles. The van der Waals surface area contributed by atoms with Crippen molar-refractivity contribution in [1.82, 2.24) is 10.3 Å². The van der Waals surface area contributed by atoms with Crippen molar-refractivity contribution in [3.05, 3.63) is 46.4 Å². The Morgan fingerprint density at radius 1 is 1.33 bits per heavy atom. The van der Waals surface area contributed by atoms with Gasteiger partial charge < -0.3 is 10.6 Å². The normalized spacial score (nSPS) is 10.1. The maximum atomic E-state index is 11.2. The first-order valence-corrected chi connectivity index (χ1v) is 6.57. The average molecular weight is 261 g/mol. The lowest BCUT2D eigenvalue weighted by Gasteiger charge is -2.05. The third-order valence-corrected chi connectivity index (χ3v) is 3.30. The molecule has 0 aliphatic rings. The Morgan fingerprint density at radius 2 is 2.11 bits per heavy atom. The molecule has 18 heavy (non-hydrogen) atoms. The molecule has 1 heterocycles. The Balaban J connectivity index is 1.89. The molecule has 0 saturated heterocycles. The molecular weight excluding hydrogens is 246 g/mol. The standard InChI is InChI=1S/C13H15N3OS/c1-14-12(17)8-10-2-4-11(5-3-10)16-9-13-15-6-7-18-13/h2-7,16H,8-9H2,1H3,(H,14,17).